The molecular weight excluding hydrogens is 262 g/mol. The molecule has 1 aliphatic heterocycles. The van der Waals surface area contributed by atoms with Crippen molar-refractivity contribution in [2.75, 3.05) is 33.4 Å². The quantitative estimate of drug-likeness (QED) is 0.294. The Morgan fingerprint density at radius 3 is 2.90 bits per heavy atom. The molecule has 1 rings (SSSR count). The third-order valence-electron chi connectivity index (χ3n) is 3.36. The van der Waals surface area contributed by atoms with Crippen LogP contribution < -0.4 is 5.73 Å². The summed E-state index contributed by atoms with van der Waals surface area (Å²) < 4.78 is 10.6. The van der Waals surface area contributed by atoms with Gasteiger partial charge in [-0.15, -0.1) is 0 Å². The van der Waals surface area contributed by atoms with Crippen LogP contribution in [0.1, 0.15) is 32.1 Å². The molecule has 0 aromatic rings. The van der Waals surface area contributed by atoms with E-state index in [9.17, 15) is 4.79 Å². The molecular formula is C13H25N3O4. The molecule has 1 amide bonds. The summed E-state index contributed by atoms with van der Waals surface area (Å²) in [4.78, 5) is 13.9. The van der Waals surface area contributed by atoms with E-state index in [1.165, 1.54) is 0 Å². The zero-order chi connectivity index (χ0) is 14.8. The molecule has 0 aromatic carbocycles. The smallest absolute Gasteiger partial charge is 0.225 e. The molecule has 7 nitrogen and oxygen atoms in total. The zero-order valence-corrected chi connectivity index (χ0v) is 12.1. The highest BCUT2D eigenvalue weighted by atomic mass is 16.5. The van der Waals surface area contributed by atoms with Crippen LogP contribution in [0.2, 0.25) is 0 Å². The van der Waals surface area contributed by atoms with Gasteiger partial charge >= 0.3 is 0 Å². The number of amides is 1. The van der Waals surface area contributed by atoms with Crippen LogP contribution in [0.15, 0.2) is 5.16 Å². The summed E-state index contributed by atoms with van der Waals surface area (Å²) in [6.07, 6.45) is 3.87. The van der Waals surface area contributed by atoms with E-state index in [-0.39, 0.29) is 17.8 Å². The van der Waals surface area contributed by atoms with E-state index in [1.54, 1.807) is 12.0 Å². The van der Waals surface area contributed by atoms with Crippen molar-refractivity contribution in [3.63, 3.8) is 0 Å². The number of carbonyl (C=O) groups excluding carboxylic acids is 1. The van der Waals surface area contributed by atoms with Crippen molar-refractivity contribution >= 4 is 11.7 Å². The van der Waals surface area contributed by atoms with E-state index < -0.39 is 0 Å². The summed E-state index contributed by atoms with van der Waals surface area (Å²) in [6, 6.07) is 0. The molecule has 0 aliphatic carbocycles. The molecule has 1 atom stereocenters. The first-order valence-corrected chi connectivity index (χ1v) is 7.02. The highest BCUT2D eigenvalue weighted by molar-refractivity contribution is 5.81. The lowest BCUT2D eigenvalue weighted by Crippen LogP contribution is -2.39. The largest absolute Gasteiger partial charge is 0.409 e. The highest BCUT2D eigenvalue weighted by Gasteiger charge is 2.21. The molecule has 0 aromatic heterocycles. The van der Waals surface area contributed by atoms with Crippen molar-refractivity contribution in [3.05, 3.63) is 0 Å². The van der Waals surface area contributed by atoms with Crippen molar-refractivity contribution in [1.82, 2.24) is 4.90 Å². The third kappa shape index (κ3) is 6.21. The van der Waals surface area contributed by atoms with Crippen LogP contribution in [-0.2, 0) is 14.3 Å². The van der Waals surface area contributed by atoms with Gasteiger partial charge < -0.3 is 25.3 Å². The Morgan fingerprint density at radius 1 is 1.50 bits per heavy atom. The predicted molar refractivity (Wildman–Crippen MR) is 74.7 cm³/mol. The fourth-order valence-electron chi connectivity index (χ4n) is 2.15. The lowest BCUT2D eigenvalue weighted by Gasteiger charge is -2.27. The fraction of sp³-hybridized carbons (Fsp3) is 0.846. The summed E-state index contributed by atoms with van der Waals surface area (Å²) >= 11 is 0. The van der Waals surface area contributed by atoms with Crippen LogP contribution in [0.4, 0.5) is 0 Å². The van der Waals surface area contributed by atoms with Gasteiger partial charge in [0.2, 0.25) is 5.91 Å². The van der Waals surface area contributed by atoms with E-state index >= 15 is 0 Å². The number of methoxy groups -OCH3 is 1. The highest BCUT2D eigenvalue weighted by Crippen LogP contribution is 2.16. The van der Waals surface area contributed by atoms with Crippen LogP contribution in [0.25, 0.3) is 0 Å². The third-order valence-corrected chi connectivity index (χ3v) is 3.36. The number of amidine groups is 1. The summed E-state index contributed by atoms with van der Waals surface area (Å²) in [7, 11) is 1.59. The Hall–Kier alpha value is -1.34. The molecule has 1 saturated heterocycles. The minimum atomic E-state index is 0.0187. The van der Waals surface area contributed by atoms with E-state index in [0.29, 0.717) is 32.5 Å². The SMILES string of the molecule is COCCN(CCC(N)=NO)C(=O)CC1CCCCO1. The van der Waals surface area contributed by atoms with Crippen molar-refractivity contribution in [2.45, 2.75) is 38.2 Å². The lowest BCUT2D eigenvalue weighted by atomic mass is 10.1. The molecule has 0 spiro atoms. The van der Waals surface area contributed by atoms with Gasteiger partial charge in [-0.25, -0.2) is 0 Å². The second-order valence-electron chi connectivity index (χ2n) is 4.91. The minimum Gasteiger partial charge on any atom is -0.409 e. The van der Waals surface area contributed by atoms with E-state index in [2.05, 4.69) is 5.16 Å². The number of hydrogen-bond acceptors (Lipinski definition) is 5. The number of hydrogen-bond donors (Lipinski definition) is 2. The van der Waals surface area contributed by atoms with Crippen LogP contribution in [-0.4, -0.2) is 61.4 Å². The Kier molecular flexibility index (Phi) is 7.98. The van der Waals surface area contributed by atoms with Crippen LogP contribution in [0.5, 0.6) is 0 Å². The van der Waals surface area contributed by atoms with Crippen LogP contribution in [0.3, 0.4) is 0 Å². The summed E-state index contributed by atoms with van der Waals surface area (Å²) in [5.74, 6) is 0.147. The van der Waals surface area contributed by atoms with E-state index in [4.69, 9.17) is 20.4 Å². The summed E-state index contributed by atoms with van der Waals surface area (Å²) in [6.45, 7) is 2.12. The molecule has 0 saturated carbocycles. The number of nitrogens with two attached hydrogens (primary N) is 1. The standard InChI is InChI=1S/C13H25N3O4/c1-19-9-7-16(6-5-12(14)15-18)13(17)10-11-4-2-3-8-20-11/h11,18H,2-10H2,1H3,(H2,14,15). The van der Waals surface area contributed by atoms with Gasteiger partial charge in [-0.1, -0.05) is 5.16 Å². The average molecular weight is 287 g/mol. The normalized spacial score (nSPS) is 19.9. The van der Waals surface area contributed by atoms with Crippen molar-refractivity contribution in [3.8, 4) is 0 Å². The van der Waals surface area contributed by atoms with Gasteiger partial charge in [-0.05, 0) is 19.3 Å². The first-order chi connectivity index (χ1) is 9.67. The van der Waals surface area contributed by atoms with E-state index in [0.717, 1.165) is 25.9 Å². The molecule has 7 heteroatoms. The minimum absolute atomic E-state index is 0.0187. The maximum atomic E-state index is 12.3. The van der Waals surface area contributed by atoms with Gasteiger partial charge in [0.15, 0.2) is 0 Å². The number of rotatable bonds is 8. The summed E-state index contributed by atoms with van der Waals surface area (Å²) in [5.41, 5.74) is 5.44. The number of ether oxygens (including phenoxy) is 2. The maximum Gasteiger partial charge on any atom is 0.225 e. The van der Waals surface area contributed by atoms with Gasteiger partial charge in [0.25, 0.3) is 0 Å². The first kappa shape index (κ1) is 16.7. The second kappa shape index (κ2) is 9.55. The number of nitrogens with zero attached hydrogens (tertiary/aromatic N) is 2. The number of oxime groups is 1. The Bertz CT molecular complexity index is 317. The van der Waals surface area contributed by atoms with Crippen molar-refractivity contribution in [1.29, 1.82) is 0 Å². The lowest BCUT2D eigenvalue weighted by molar-refractivity contribution is -0.135. The predicted octanol–water partition coefficient (Wildman–Crippen LogP) is 0.557. The maximum absolute atomic E-state index is 12.3. The molecule has 1 heterocycles. The molecule has 0 bridgehead atoms. The number of carbonyl (C=O) groups is 1. The van der Waals surface area contributed by atoms with Crippen molar-refractivity contribution < 1.29 is 19.5 Å². The Morgan fingerprint density at radius 2 is 2.30 bits per heavy atom. The van der Waals surface area contributed by atoms with Crippen LogP contribution >= 0.6 is 0 Å². The monoisotopic (exact) mass is 287 g/mol. The average Bonchev–Trinajstić information content (AvgIpc) is 2.47. The van der Waals surface area contributed by atoms with Crippen LogP contribution in [0, 0.1) is 0 Å². The summed E-state index contributed by atoms with van der Waals surface area (Å²) in [5, 5.41) is 11.5. The molecule has 1 aliphatic rings. The molecule has 116 valence electrons. The van der Waals surface area contributed by atoms with Gasteiger partial charge in [0, 0.05) is 33.2 Å². The Balaban J connectivity index is 2.44. The van der Waals surface area contributed by atoms with Gasteiger partial charge in [-0.3, -0.25) is 4.79 Å². The second-order valence-corrected chi connectivity index (χ2v) is 4.91. The van der Waals surface area contributed by atoms with Crippen molar-refractivity contribution in [2.24, 2.45) is 10.9 Å². The Labute approximate surface area is 119 Å². The van der Waals surface area contributed by atoms with E-state index in [1.807, 2.05) is 0 Å². The van der Waals surface area contributed by atoms with Gasteiger partial charge in [-0.2, -0.15) is 0 Å². The molecule has 0 radical (unpaired) electrons. The fourth-order valence-corrected chi connectivity index (χ4v) is 2.15. The molecule has 20 heavy (non-hydrogen) atoms. The first-order valence-electron chi connectivity index (χ1n) is 7.02. The van der Waals surface area contributed by atoms with Gasteiger partial charge in [0.05, 0.1) is 19.1 Å². The topological polar surface area (TPSA) is 97.4 Å². The molecule has 3 N–H and O–H groups in total. The molecule has 1 fully saturated rings. The molecule has 1 unspecified atom stereocenters. The zero-order valence-electron chi connectivity index (χ0n) is 12.1. The van der Waals surface area contributed by atoms with Gasteiger partial charge in [0.1, 0.15) is 5.84 Å².